The lowest BCUT2D eigenvalue weighted by Crippen LogP contribution is -2.39. The molecule has 2 amide bonds. The van der Waals surface area contributed by atoms with Crippen molar-refractivity contribution in [2.75, 3.05) is 19.6 Å². The van der Waals surface area contributed by atoms with Crippen LogP contribution in [0.4, 0.5) is 0 Å². The Bertz CT molecular complexity index is 656. The highest BCUT2D eigenvalue weighted by Gasteiger charge is 2.61. The van der Waals surface area contributed by atoms with E-state index in [1.807, 2.05) is 11.0 Å². The van der Waals surface area contributed by atoms with Crippen molar-refractivity contribution in [2.45, 2.75) is 45.6 Å². The monoisotopic (exact) mass is 330 g/mol. The van der Waals surface area contributed by atoms with E-state index in [4.69, 9.17) is 0 Å². The zero-order valence-electron chi connectivity index (χ0n) is 14.7. The van der Waals surface area contributed by atoms with Crippen molar-refractivity contribution in [2.24, 2.45) is 17.8 Å². The van der Waals surface area contributed by atoms with Gasteiger partial charge in [0.1, 0.15) is 5.69 Å². The van der Waals surface area contributed by atoms with E-state index in [0.29, 0.717) is 48.5 Å². The second-order valence-electron chi connectivity index (χ2n) is 7.95. The van der Waals surface area contributed by atoms with Crippen molar-refractivity contribution in [3.05, 3.63) is 17.5 Å². The van der Waals surface area contributed by atoms with E-state index < -0.39 is 0 Å². The summed E-state index contributed by atoms with van der Waals surface area (Å²) in [5, 5.41) is 7.10. The SMILES string of the molecule is CC(C)c1cc(C(=O)N2C[C@@H]3C(C(=O)N4CCC[C@H]4C)[C@@H]3C2)n[nH]1. The fraction of sp³-hybridized carbons (Fsp3) is 0.722. The van der Waals surface area contributed by atoms with Gasteiger partial charge < -0.3 is 9.80 Å². The Balaban J connectivity index is 1.36. The van der Waals surface area contributed by atoms with Gasteiger partial charge in [-0.3, -0.25) is 14.7 Å². The Morgan fingerprint density at radius 2 is 2.00 bits per heavy atom. The maximum absolute atomic E-state index is 12.7. The molecule has 1 saturated carbocycles. The van der Waals surface area contributed by atoms with E-state index in [1.165, 1.54) is 0 Å². The van der Waals surface area contributed by atoms with Gasteiger partial charge in [0.2, 0.25) is 5.91 Å². The molecule has 1 aliphatic carbocycles. The summed E-state index contributed by atoms with van der Waals surface area (Å²) in [5.41, 5.74) is 1.48. The molecular weight excluding hydrogens is 304 g/mol. The molecular formula is C18H26N4O2. The lowest BCUT2D eigenvalue weighted by atomic mass is 10.1. The molecule has 24 heavy (non-hydrogen) atoms. The number of hydrogen-bond acceptors (Lipinski definition) is 3. The summed E-state index contributed by atoms with van der Waals surface area (Å²) < 4.78 is 0. The van der Waals surface area contributed by atoms with Crippen LogP contribution in [0.15, 0.2) is 6.07 Å². The quantitative estimate of drug-likeness (QED) is 0.920. The van der Waals surface area contributed by atoms with Gasteiger partial charge in [0.25, 0.3) is 5.91 Å². The van der Waals surface area contributed by atoms with Crippen LogP contribution in [0.2, 0.25) is 0 Å². The fourth-order valence-electron chi connectivity index (χ4n) is 4.41. The molecule has 1 N–H and O–H groups in total. The predicted octanol–water partition coefficient (Wildman–Crippen LogP) is 1.86. The van der Waals surface area contributed by atoms with Crippen LogP contribution in [0.1, 0.15) is 55.7 Å². The molecule has 2 saturated heterocycles. The van der Waals surface area contributed by atoms with Crippen LogP contribution in [0.3, 0.4) is 0 Å². The second kappa shape index (κ2) is 5.60. The molecule has 0 radical (unpaired) electrons. The number of likely N-dealkylation sites (tertiary alicyclic amines) is 2. The first kappa shape index (κ1) is 15.7. The average Bonchev–Trinajstić information content (AvgIpc) is 3.05. The van der Waals surface area contributed by atoms with Crippen molar-refractivity contribution >= 4 is 11.8 Å². The van der Waals surface area contributed by atoms with Gasteiger partial charge in [0, 0.05) is 37.3 Å². The van der Waals surface area contributed by atoms with Gasteiger partial charge in [0.05, 0.1) is 0 Å². The second-order valence-corrected chi connectivity index (χ2v) is 7.95. The smallest absolute Gasteiger partial charge is 0.274 e. The summed E-state index contributed by atoms with van der Waals surface area (Å²) in [6, 6.07) is 2.24. The first-order valence-corrected chi connectivity index (χ1v) is 9.12. The molecule has 6 nitrogen and oxygen atoms in total. The van der Waals surface area contributed by atoms with Crippen LogP contribution >= 0.6 is 0 Å². The van der Waals surface area contributed by atoms with Crippen molar-refractivity contribution < 1.29 is 9.59 Å². The standard InChI is InChI=1S/C18H26N4O2/c1-10(2)14-7-15(20-19-14)17(23)21-8-12-13(9-21)16(12)18(24)22-6-4-5-11(22)3/h7,10-13,16H,4-6,8-9H2,1-3H3,(H,19,20)/t11-,12-,13+,16?/m1/s1. The minimum absolute atomic E-state index is 0.00825. The van der Waals surface area contributed by atoms with Gasteiger partial charge in [-0.1, -0.05) is 13.8 Å². The van der Waals surface area contributed by atoms with Crippen molar-refractivity contribution in [1.82, 2.24) is 20.0 Å². The summed E-state index contributed by atoms with van der Waals surface area (Å²) >= 11 is 0. The van der Waals surface area contributed by atoms with Crippen LogP contribution in [0.5, 0.6) is 0 Å². The summed E-state index contributed by atoms with van der Waals surface area (Å²) in [4.78, 5) is 29.2. The van der Waals surface area contributed by atoms with Gasteiger partial charge in [-0.2, -0.15) is 5.10 Å². The summed E-state index contributed by atoms with van der Waals surface area (Å²) in [5.74, 6) is 1.51. The molecule has 0 spiro atoms. The van der Waals surface area contributed by atoms with Crippen LogP contribution < -0.4 is 0 Å². The van der Waals surface area contributed by atoms with E-state index in [-0.39, 0.29) is 11.8 Å². The first-order chi connectivity index (χ1) is 11.5. The Labute approximate surface area is 142 Å². The van der Waals surface area contributed by atoms with E-state index in [0.717, 1.165) is 25.1 Å². The predicted molar refractivity (Wildman–Crippen MR) is 89.5 cm³/mol. The molecule has 1 aromatic rings. The van der Waals surface area contributed by atoms with Crippen LogP contribution in [0.25, 0.3) is 0 Å². The minimum Gasteiger partial charge on any atom is -0.340 e. The number of aromatic amines is 1. The van der Waals surface area contributed by atoms with Gasteiger partial charge in [-0.05, 0) is 43.6 Å². The fourth-order valence-corrected chi connectivity index (χ4v) is 4.41. The van der Waals surface area contributed by atoms with E-state index >= 15 is 0 Å². The number of H-pyrrole nitrogens is 1. The van der Waals surface area contributed by atoms with Crippen LogP contribution in [-0.4, -0.2) is 57.5 Å². The molecule has 4 rings (SSSR count). The Hall–Kier alpha value is -1.85. The lowest BCUT2D eigenvalue weighted by molar-refractivity contribution is -0.134. The zero-order valence-corrected chi connectivity index (χ0v) is 14.7. The highest BCUT2D eigenvalue weighted by atomic mass is 16.2. The molecule has 1 unspecified atom stereocenters. The van der Waals surface area contributed by atoms with Crippen molar-refractivity contribution in [3.63, 3.8) is 0 Å². The van der Waals surface area contributed by atoms with Crippen LogP contribution in [0, 0.1) is 17.8 Å². The number of hydrogen-bond donors (Lipinski definition) is 1. The molecule has 3 aliphatic rings. The molecule has 1 aromatic heterocycles. The largest absolute Gasteiger partial charge is 0.340 e. The third-order valence-corrected chi connectivity index (χ3v) is 6.04. The Kier molecular flexibility index (Phi) is 3.66. The van der Waals surface area contributed by atoms with Crippen molar-refractivity contribution in [1.29, 1.82) is 0 Å². The van der Waals surface area contributed by atoms with Gasteiger partial charge >= 0.3 is 0 Å². The molecule has 130 valence electrons. The van der Waals surface area contributed by atoms with E-state index in [1.54, 1.807) is 0 Å². The topological polar surface area (TPSA) is 69.3 Å². The maximum Gasteiger partial charge on any atom is 0.274 e. The van der Waals surface area contributed by atoms with E-state index in [2.05, 4.69) is 35.9 Å². The normalized spacial score (nSPS) is 31.7. The van der Waals surface area contributed by atoms with E-state index in [9.17, 15) is 9.59 Å². The lowest BCUT2D eigenvalue weighted by Gasteiger charge is -2.24. The molecule has 6 heteroatoms. The molecule has 0 bridgehead atoms. The molecule has 0 aromatic carbocycles. The van der Waals surface area contributed by atoms with Gasteiger partial charge in [-0.25, -0.2) is 0 Å². The number of aromatic nitrogens is 2. The van der Waals surface area contributed by atoms with Crippen LogP contribution in [-0.2, 0) is 4.79 Å². The number of fused-ring (bicyclic) bond motifs is 1. The number of nitrogens with one attached hydrogen (secondary N) is 1. The molecule has 4 atom stereocenters. The third kappa shape index (κ3) is 2.43. The number of rotatable bonds is 3. The summed E-state index contributed by atoms with van der Waals surface area (Å²) in [6.45, 7) is 8.59. The number of nitrogens with zero attached hydrogens (tertiary/aromatic N) is 3. The highest BCUT2D eigenvalue weighted by molar-refractivity contribution is 5.93. The molecule has 2 aliphatic heterocycles. The Morgan fingerprint density at radius 3 is 2.54 bits per heavy atom. The van der Waals surface area contributed by atoms with Crippen molar-refractivity contribution in [3.8, 4) is 0 Å². The highest BCUT2D eigenvalue weighted by Crippen LogP contribution is 2.53. The number of amides is 2. The summed E-state index contributed by atoms with van der Waals surface area (Å²) in [7, 11) is 0. The third-order valence-electron chi connectivity index (χ3n) is 6.04. The average molecular weight is 330 g/mol. The number of piperidine rings is 1. The van der Waals surface area contributed by atoms with Gasteiger partial charge in [-0.15, -0.1) is 0 Å². The summed E-state index contributed by atoms with van der Waals surface area (Å²) in [6.07, 6.45) is 2.24. The molecule has 3 fully saturated rings. The zero-order chi connectivity index (χ0) is 17.0. The molecule has 3 heterocycles. The number of carbonyl (C=O) groups is 2. The number of carbonyl (C=O) groups excluding carboxylic acids is 2. The minimum atomic E-state index is -0.00825. The first-order valence-electron chi connectivity index (χ1n) is 9.12. The Morgan fingerprint density at radius 1 is 1.29 bits per heavy atom. The maximum atomic E-state index is 12.7. The van der Waals surface area contributed by atoms with Gasteiger partial charge in [0.15, 0.2) is 0 Å².